The first kappa shape index (κ1) is 16.8. The van der Waals surface area contributed by atoms with Crippen molar-refractivity contribution in [2.75, 3.05) is 0 Å². The number of amides is 1. The molecule has 6 heteroatoms. The molecule has 6 nitrogen and oxygen atoms in total. The zero-order valence-electron chi connectivity index (χ0n) is 14.6. The van der Waals surface area contributed by atoms with E-state index in [1.54, 1.807) is 10.9 Å². The van der Waals surface area contributed by atoms with Gasteiger partial charge in [-0.3, -0.25) is 4.79 Å². The Morgan fingerprint density at radius 1 is 1.16 bits per heavy atom. The molecule has 1 aromatic heterocycles. The molecule has 1 amide bonds. The topological polar surface area (TPSA) is 72.2 Å². The summed E-state index contributed by atoms with van der Waals surface area (Å²) in [7, 11) is 0. The number of hydrogen-bond acceptors (Lipinski definition) is 4. The van der Waals surface area contributed by atoms with Crippen molar-refractivity contribution in [2.45, 2.75) is 32.7 Å². The second-order valence-electron chi connectivity index (χ2n) is 6.90. The Labute approximate surface area is 146 Å². The molecule has 0 fully saturated rings. The Bertz CT molecular complexity index is 903. The maximum Gasteiger partial charge on any atom is 0.261 e. The summed E-state index contributed by atoms with van der Waals surface area (Å²) in [5.41, 5.74) is 6.40. The molecular weight excluding hydrogens is 314 g/mol. The Balaban J connectivity index is 1.59. The SMILES string of the molecule is CC(C)(C)c1ccc(/C=N\NC(=O)Cn2nnc3ccccc32)cc1. The van der Waals surface area contributed by atoms with Crippen LogP contribution in [-0.2, 0) is 16.8 Å². The molecule has 0 radical (unpaired) electrons. The predicted molar refractivity (Wildman–Crippen MR) is 98.4 cm³/mol. The zero-order chi connectivity index (χ0) is 17.9. The van der Waals surface area contributed by atoms with Gasteiger partial charge >= 0.3 is 0 Å². The van der Waals surface area contributed by atoms with Crippen LogP contribution in [-0.4, -0.2) is 27.1 Å². The van der Waals surface area contributed by atoms with Crippen LogP contribution < -0.4 is 5.43 Å². The van der Waals surface area contributed by atoms with Crippen molar-refractivity contribution in [1.82, 2.24) is 20.4 Å². The Hall–Kier alpha value is -3.02. The minimum Gasteiger partial charge on any atom is -0.271 e. The zero-order valence-corrected chi connectivity index (χ0v) is 14.6. The van der Waals surface area contributed by atoms with Crippen LogP contribution in [0.3, 0.4) is 0 Å². The van der Waals surface area contributed by atoms with Crippen molar-refractivity contribution in [3.05, 3.63) is 59.7 Å². The van der Waals surface area contributed by atoms with Gasteiger partial charge in [0.05, 0.1) is 11.7 Å². The number of nitrogens with one attached hydrogen (secondary N) is 1. The van der Waals surface area contributed by atoms with E-state index in [0.29, 0.717) is 0 Å². The number of carbonyl (C=O) groups is 1. The van der Waals surface area contributed by atoms with Crippen molar-refractivity contribution >= 4 is 23.2 Å². The molecule has 0 aliphatic carbocycles. The van der Waals surface area contributed by atoms with Gasteiger partial charge in [0, 0.05) is 0 Å². The summed E-state index contributed by atoms with van der Waals surface area (Å²) in [6.45, 7) is 6.58. The first-order valence-corrected chi connectivity index (χ1v) is 8.14. The largest absolute Gasteiger partial charge is 0.271 e. The summed E-state index contributed by atoms with van der Waals surface area (Å²) in [5, 5.41) is 12.0. The van der Waals surface area contributed by atoms with Gasteiger partial charge in [-0.25, -0.2) is 10.1 Å². The number of aromatic nitrogens is 3. The van der Waals surface area contributed by atoms with Crippen LogP contribution in [0.5, 0.6) is 0 Å². The second kappa shape index (κ2) is 6.84. The van der Waals surface area contributed by atoms with Gasteiger partial charge in [0.2, 0.25) is 0 Å². The predicted octanol–water partition coefficient (Wildman–Crippen LogP) is 2.88. The molecule has 128 valence electrons. The van der Waals surface area contributed by atoms with E-state index in [2.05, 4.69) is 53.7 Å². The fourth-order valence-electron chi connectivity index (χ4n) is 2.45. The van der Waals surface area contributed by atoms with Gasteiger partial charge in [0.25, 0.3) is 5.91 Å². The number of hydrazone groups is 1. The van der Waals surface area contributed by atoms with Crippen molar-refractivity contribution in [2.24, 2.45) is 5.10 Å². The molecular formula is C19H21N5O. The van der Waals surface area contributed by atoms with Gasteiger partial charge in [-0.1, -0.05) is 62.4 Å². The van der Waals surface area contributed by atoms with Crippen LogP contribution in [0.2, 0.25) is 0 Å². The standard InChI is InChI=1S/C19H21N5O/c1-19(2,3)15-10-8-14(9-11-15)12-20-22-18(25)13-24-17-7-5-4-6-16(17)21-23-24/h4-12H,13H2,1-3H3,(H,22,25)/b20-12-. The molecule has 3 rings (SSSR count). The van der Waals surface area contributed by atoms with Crippen LogP contribution in [0.15, 0.2) is 53.6 Å². The maximum absolute atomic E-state index is 12.0. The van der Waals surface area contributed by atoms with Crippen molar-refractivity contribution in [1.29, 1.82) is 0 Å². The van der Waals surface area contributed by atoms with Crippen LogP contribution in [0.4, 0.5) is 0 Å². The first-order valence-electron chi connectivity index (χ1n) is 8.14. The normalized spacial score (nSPS) is 12.0. The van der Waals surface area contributed by atoms with Crippen LogP contribution >= 0.6 is 0 Å². The summed E-state index contributed by atoms with van der Waals surface area (Å²) in [6.07, 6.45) is 1.63. The quantitative estimate of drug-likeness (QED) is 0.588. The van der Waals surface area contributed by atoms with Crippen LogP contribution in [0, 0.1) is 0 Å². The van der Waals surface area contributed by atoms with E-state index in [4.69, 9.17) is 0 Å². The minimum absolute atomic E-state index is 0.0703. The third-order valence-electron chi connectivity index (χ3n) is 3.89. The molecule has 2 aromatic carbocycles. The molecule has 25 heavy (non-hydrogen) atoms. The summed E-state index contributed by atoms with van der Waals surface area (Å²) < 4.78 is 1.55. The van der Waals surface area contributed by atoms with Crippen molar-refractivity contribution in [3.63, 3.8) is 0 Å². The van der Waals surface area contributed by atoms with Gasteiger partial charge in [-0.2, -0.15) is 5.10 Å². The number of para-hydroxylation sites is 1. The Kier molecular flexibility index (Phi) is 4.61. The molecule has 0 saturated heterocycles. The van der Waals surface area contributed by atoms with E-state index in [1.165, 1.54) is 5.56 Å². The van der Waals surface area contributed by atoms with Gasteiger partial charge < -0.3 is 0 Å². The van der Waals surface area contributed by atoms with E-state index in [-0.39, 0.29) is 17.9 Å². The number of rotatable bonds is 4. The van der Waals surface area contributed by atoms with E-state index in [0.717, 1.165) is 16.6 Å². The van der Waals surface area contributed by atoms with Gasteiger partial charge in [-0.05, 0) is 28.7 Å². The summed E-state index contributed by atoms with van der Waals surface area (Å²) >= 11 is 0. The van der Waals surface area contributed by atoms with Crippen LogP contribution in [0.1, 0.15) is 31.9 Å². The lowest BCUT2D eigenvalue weighted by molar-refractivity contribution is -0.121. The Morgan fingerprint density at radius 3 is 2.60 bits per heavy atom. The summed E-state index contributed by atoms with van der Waals surface area (Å²) in [5.74, 6) is -0.252. The molecule has 1 heterocycles. The number of carbonyl (C=O) groups excluding carboxylic acids is 1. The lowest BCUT2D eigenvalue weighted by atomic mass is 9.87. The van der Waals surface area contributed by atoms with Crippen LogP contribution in [0.25, 0.3) is 11.0 Å². The summed E-state index contributed by atoms with van der Waals surface area (Å²) in [6, 6.07) is 15.6. The molecule has 0 aliphatic rings. The molecule has 0 spiro atoms. The molecule has 0 atom stereocenters. The molecule has 0 bridgehead atoms. The van der Waals surface area contributed by atoms with E-state index >= 15 is 0 Å². The van der Waals surface area contributed by atoms with E-state index < -0.39 is 0 Å². The fraction of sp³-hybridized carbons (Fsp3) is 0.263. The maximum atomic E-state index is 12.0. The number of nitrogens with zero attached hydrogens (tertiary/aromatic N) is 4. The lowest BCUT2D eigenvalue weighted by Gasteiger charge is -2.18. The number of hydrogen-bond donors (Lipinski definition) is 1. The highest BCUT2D eigenvalue weighted by Crippen LogP contribution is 2.21. The molecule has 0 aliphatic heterocycles. The van der Waals surface area contributed by atoms with Crippen molar-refractivity contribution < 1.29 is 4.79 Å². The number of fused-ring (bicyclic) bond motifs is 1. The highest BCUT2D eigenvalue weighted by molar-refractivity contribution is 5.83. The highest BCUT2D eigenvalue weighted by Gasteiger charge is 2.12. The fourth-order valence-corrected chi connectivity index (χ4v) is 2.45. The monoisotopic (exact) mass is 335 g/mol. The van der Waals surface area contributed by atoms with E-state index in [1.807, 2.05) is 36.4 Å². The molecule has 1 N–H and O–H groups in total. The van der Waals surface area contributed by atoms with Gasteiger partial charge in [-0.15, -0.1) is 5.10 Å². The molecule has 0 saturated carbocycles. The van der Waals surface area contributed by atoms with E-state index in [9.17, 15) is 4.79 Å². The van der Waals surface area contributed by atoms with Gasteiger partial charge in [0.1, 0.15) is 12.1 Å². The average Bonchev–Trinajstić information content (AvgIpc) is 2.98. The lowest BCUT2D eigenvalue weighted by Crippen LogP contribution is -2.23. The summed E-state index contributed by atoms with van der Waals surface area (Å²) in [4.78, 5) is 12.0. The highest BCUT2D eigenvalue weighted by atomic mass is 16.2. The molecule has 3 aromatic rings. The average molecular weight is 335 g/mol. The third kappa shape index (κ3) is 4.09. The minimum atomic E-state index is -0.252. The number of benzene rings is 2. The third-order valence-corrected chi connectivity index (χ3v) is 3.89. The Morgan fingerprint density at radius 2 is 1.88 bits per heavy atom. The van der Waals surface area contributed by atoms with Gasteiger partial charge in [0.15, 0.2) is 0 Å². The second-order valence-corrected chi connectivity index (χ2v) is 6.90. The molecule has 0 unspecified atom stereocenters. The first-order chi connectivity index (χ1) is 11.9. The van der Waals surface area contributed by atoms with Crippen molar-refractivity contribution in [3.8, 4) is 0 Å². The smallest absolute Gasteiger partial charge is 0.261 e.